The van der Waals surface area contributed by atoms with Crippen LogP contribution in [0, 0.1) is 11.8 Å². The van der Waals surface area contributed by atoms with E-state index in [0.717, 1.165) is 45.2 Å². The maximum absolute atomic E-state index is 12.3. The predicted octanol–water partition coefficient (Wildman–Crippen LogP) is 1.69. The van der Waals surface area contributed by atoms with Crippen LogP contribution in [0.15, 0.2) is 0 Å². The molecule has 1 saturated carbocycles. The normalized spacial score (nSPS) is 25.9. The van der Waals surface area contributed by atoms with Crippen molar-refractivity contribution >= 4 is 24.2 Å². The van der Waals surface area contributed by atoms with Crippen molar-refractivity contribution in [1.29, 1.82) is 0 Å². The molecule has 2 atom stereocenters. The molecule has 1 heterocycles. The molecule has 2 amide bonds. The van der Waals surface area contributed by atoms with Crippen molar-refractivity contribution in [3.63, 3.8) is 0 Å². The summed E-state index contributed by atoms with van der Waals surface area (Å²) in [7, 11) is 0. The highest BCUT2D eigenvalue weighted by Gasteiger charge is 2.30. The van der Waals surface area contributed by atoms with E-state index in [2.05, 4.69) is 5.32 Å². The highest BCUT2D eigenvalue weighted by Crippen LogP contribution is 2.27. The van der Waals surface area contributed by atoms with Crippen LogP contribution < -0.4 is 11.1 Å². The number of likely N-dealkylation sites (tertiary alicyclic amines) is 1. The molecule has 1 aliphatic carbocycles. The van der Waals surface area contributed by atoms with Crippen LogP contribution in [0.2, 0.25) is 0 Å². The number of amides is 2. The van der Waals surface area contributed by atoms with Gasteiger partial charge in [0.15, 0.2) is 0 Å². The first kappa shape index (κ1) is 19.2. The lowest BCUT2D eigenvalue weighted by atomic mass is 9.98. The molecule has 2 rings (SSSR count). The van der Waals surface area contributed by atoms with Gasteiger partial charge in [0.2, 0.25) is 11.8 Å². The minimum atomic E-state index is 0. The second-order valence-corrected chi connectivity index (χ2v) is 6.88. The summed E-state index contributed by atoms with van der Waals surface area (Å²) in [5.41, 5.74) is 6.04. The van der Waals surface area contributed by atoms with Crippen LogP contribution in [0.3, 0.4) is 0 Å². The predicted molar refractivity (Wildman–Crippen MR) is 89.8 cm³/mol. The van der Waals surface area contributed by atoms with Gasteiger partial charge in [-0.3, -0.25) is 9.59 Å². The van der Waals surface area contributed by atoms with Gasteiger partial charge in [-0.15, -0.1) is 12.4 Å². The first-order valence-corrected chi connectivity index (χ1v) is 8.31. The SMILES string of the molecule is CC(C)C(=O)NC1CCN(C(=O)C[C@@H]2CCC[C@H]2N)CC1.Cl. The number of carbonyl (C=O) groups is 2. The minimum absolute atomic E-state index is 0. The van der Waals surface area contributed by atoms with Gasteiger partial charge in [-0.05, 0) is 31.6 Å². The van der Waals surface area contributed by atoms with E-state index in [1.54, 1.807) is 0 Å². The molecule has 0 bridgehead atoms. The van der Waals surface area contributed by atoms with Gasteiger partial charge in [0, 0.05) is 37.5 Å². The fraction of sp³-hybridized carbons (Fsp3) is 0.875. The van der Waals surface area contributed by atoms with E-state index in [0.29, 0.717) is 12.3 Å². The Morgan fingerprint density at radius 3 is 2.32 bits per heavy atom. The molecule has 3 N–H and O–H groups in total. The number of hydrogen-bond donors (Lipinski definition) is 2. The van der Waals surface area contributed by atoms with E-state index < -0.39 is 0 Å². The van der Waals surface area contributed by atoms with Crippen molar-refractivity contribution in [1.82, 2.24) is 10.2 Å². The highest BCUT2D eigenvalue weighted by molar-refractivity contribution is 5.85. The molecule has 128 valence electrons. The third kappa shape index (κ3) is 5.13. The summed E-state index contributed by atoms with van der Waals surface area (Å²) >= 11 is 0. The van der Waals surface area contributed by atoms with Crippen LogP contribution in [0.25, 0.3) is 0 Å². The van der Waals surface area contributed by atoms with Crippen molar-refractivity contribution in [2.24, 2.45) is 17.6 Å². The molecular weight excluding hydrogens is 302 g/mol. The molecule has 5 nitrogen and oxygen atoms in total. The van der Waals surface area contributed by atoms with E-state index in [-0.39, 0.29) is 42.2 Å². The Morgan fingerprint density at radius 2 is 1.82 bits per heavy atom. The van der Waals surface area contributed by atoms with Gasteiger partial charge in [0.25, 0.3) is 0 Å². The quantitative estimate of drug-likeness (QED) is 0.823. The zero-order valence-corrected chi connectivity index (χ0v) is 14.5. The van der Waals surface area contributed by atoms with Gasteiger partial charge in [-0.2, -0.15) is 0 Å². The number of halogens is 1. The lowest BCUT2D eigenvalue weighted by Gasteiger charge is -2.33. The zero-order valence-electron chi connectivity index (χ0n) is 13.7. The standard InChI is InChI=1S/C16H29N3O2.ClH/c1-11(2)16(21)18-13-6-8-19(9-7-13)15(20)10-12-4-3-5-14(12)17;/h11-14H,3-10,17H2,1-2H3,(H,18,21);1H/t12-,14+;/m0./s1. The van der Waals surface area contributed by atoms with Crippen molar-refractivity contribution in [3.8, 4) is 0 Å². The molecule has 1 saturated heterocycles. The van der Waals surface area contributed by atoms with Crippen LogP contribution in [-0.2, 0) is 9.59 Å². The van der Waals surface area contributed by atoms with E-state index in [4.69, 9.17) is 5.73 Å². The summed E-state index contributed by atoms with van der Waals surface area (Å²) in [5.74, 6) is 0.743. The Labute approximate surface area is 139 Å². The Morgan fingerprint density at radius 1 is 1.18 bits per heavy atom. The summed E-state index contributed by atoms with van der Waals surface area (Å²) in [6.07, 6.45) is 5.63. The average molecular weight is 332 g/mol. The number of piperidine rings is 1. The van der Waals surface area contributed by atoms with Crippen LogP contribution in [0.1, 0.15) is 52.4 Å². The number of nitrogens with one attached hydrogen (secondary N) is 1. The third-order valence-corrected chi connectivity index (χ3v) is 4.87. The third-order valence-electron chi connectivity index (χ3n) is 4.87. The molecule has 0 unspecified atom stereocenters. The smallest absolute Gasteiger partial charge is 0.222 e. The van der Waals surface area contributed by atoms with Crippen LogP contribution in [-0.4, -0.2) is 41.9 Å². The Balaban J connectivity index is 0.00000242. The first-order chi connectivity index (χ1) is 9.97. The number of nitrogens with zero attached hydrogens (tertiary/aromatic N) is 1. The van der Waals surface area contributed by atoms with Gasteiger partial charge in [-0.1, -0.05) is 20.3 Å². The maximum atomic E-state index is 12.3. The molecule has 0 spiro atoms. The summed E-state index contributed by atoms with van der Waals surface area (Å²) < 4.78 is 0. The van der Waals surface area contributed by atoms with E-state index in [1.165, 1.54) is 0 Å². The molecule has 0 radical (unpaired) electrons. The minimum Gasteiger partial charge on any atom is -0.353 e. The highest BCUT2D eigenvalue weighted by atomic mass is 35.5. The van der Waals surface area contributed by atoms with Crippen LogP contribution in [0.5, 0.6) is 0 Å². The maximum Gasteiger partial charge on any atom is 0.222 e. The van der Waals surface area contributed by atoms with Gasteiger partial charge >= 0.3 is 0 Å². The van der Waals surface area contributed by atoms with E-state index in [1.807, 2.05) is 18.7 Å². The Bertz CT molecular complexity index is 382. The second-order valence-electron chi connectivity index (χ2n) is 6.88. The molecule has 2 aliphatic rings. The largest absolute Gasteiger partial charge is 0.353 e. The molecule has 1 aliphatic heterocycles. The fourth-order valence-electron chi connectivity index (χ4n) is 3.31. The molecule has 0 aromatic carbocycles. The molecule has 0 aromatic rings. The second kappa shape index (κ2) is 8.73. The molecular formula is C16H30ClN3O2. The summed E-state index contributed by atoms with van der Waals surface area (Å²) in [5, 5.41) is 3.06. The van der Waals surface area contributed by atoms with Gasteiger partial charge in [0.05, 0.1) is 0 Å². The Hall–Kier alpha value is -0.810. The molecule has 22 heavy (non-hydrogen) atoms. The summed E-state index contributed by atoms with van der Waals surface area (Å²) in [6, 6.07) is 0.425. The topological polar surface area (TPSA) is 75.4 Å². The monoisotopic (exact) mass is 331 g/mol. The van der Waals surface area contributed by atoms with Gasteiger partial charge in [-0.25, -0.2) is 0 Å². The summed E-state index contributed by atoms with van der Waals surface area (Å²) in [4.78, 5) is 26.0. The first-order valence-electron chi connectivity index (χ1n) is 8.31. The van der Waals surface area contributed by atoms with Crippen LogP contribution in [0.4, 0.5) is 0 Å². The Kier molecular flexibility index (Phi) is 7.63. The zero-order chi connectivity index (χ0) is 15.4. The lowest BCUT2D eigenvalue weighted by molar-refractivity contribution is -0.133. The molecule has 0 aromatic heterocycles. The van der Waals surface area contributed by atoms with Crippen molar-refractivity contribution < 1.29 is 9.59 Å². The van der Waals surface area contributed by atoms with Crippen molar-refractivity contribution in [2.75, 3.05) is 13.1 Å². The van der Waals surface area contributed by atoms with Crippen molar-refractivity contribution in [2.45, 2.75) is 64.5 Å². The van der Waals surface area contributed by atoms with Gasteiger partial charge in [0.1, 0.15) is 0 Å². The lowest BCUT2D eigenvalue weighted by Crippen LogP contribution is -2.48. The molecule has 6 heteroatoms. The fourth-order valence-corrected chi connectivity index (χ4v) is 3.31. The van der Waals surface area contributed by atoms with Crippen molar-refractivity contribution in [3.05, 3.63) is 0 Å². The number of carbonyl (C=O) groups excluding carboxylic acids is 2. The average Bonchev–Trinajstić information content (AvgIpc) is 2.85. The van der Waals surface area contributed by atoms with Gasteiger partial charge < -0.3 is 16.0 Å². The molecule has 2 fully saturated rings. The van der Waals surface area contributed by atoms with E-state index >= 15 is 0 Å². The number of nitrogens with two attached hydrogens (primary N) is 1. The number of rotatable bonds is 4. The number of hydrogen-bond acceptors (Lipinski definition) is 3. The summed E-state index contributed by atoms with van der Waals surface area (Å²) in [6.45, 7) is 5.31. The van der Waals surface area contributed by atoms with E-state index in [9.17, 15) is 9.59 Å². The van der Waals surface area contributed by atoms with Crippen LogP contribution >= 0.6 is 12.4 Å².